The van der Waals surface area contributed by atoms with Crippen LogP contribution in [0.1, 0.15) is 60.3 Å². The number of benzene rings is 2. The summed E-state index contributed by atoms with van der Waals surface area (Å²) < 4.78 is 46.2. The Kier molecular flexibility index (Phi) is 7.17. The highest BCUT2D eigenvalue weighted by atomic mass is 19.4. The average molecular weight is 515 g/mol. The smallest absolute Gasteiger partial charge is 0.416 e. The van der Waals surface area contributed by atoms with E-state index >= 15 is 0 Å². The van der Waals surface area contributed by atoms with Gasteiger partial charge in [-0.05, 0) is 87.9 Å². The Balaban J connectivity index is 1.48. The van der Waals surface area contributed by atoms with Crippen molar-refractivity contribution in [3.8, 4) is 17.0 Å². The van der Waals surface area contributed by atoms with Crippen LogP contribution in [0.15, 0.2) is 48.5 Å². The van der Waals surface area contributed by atoms with Crippen LogP contribution in [0.4, 0.5) is 13.2 Å². The molecule has 9 heteroatoms. The molecule has 0 bridgehead atoms. The molecule has 6 nitrogen and oxygen atoms in total. The number of carbonyl (C=O) groups excluding carboxylic acids is 1. The van der Waals surface area contributed by atoms with Crippen LogP contribution < -0.4 is 4.74 Å². The van der Waals surface area contributed by atoms with Crippen LogP contribution in [-0.4, -0.2) is 32.2 Å². The quantitative estimate of drug-likeness (QED) is 0.319. The lowest BCUT2D eigenvalue weighted by Crippen LogP contribution is -2.38. The van der Waals surface area contributed by atoms with Crippen LogP contribution in [0, 0.1) is 12.8 Å². The Labute approximate surface area is 213 Å². The number of rotatable bonds is 10. The number of ether oxygens (including phenoxy) is 1. The van der Waals surface area contributed by atoms with E-state index in [1.54, 1.807) is 25.1 Å². The van der Waals surface area contributed by atoms with Gasteiger partial charge in [-0.15, -0.1) is 0 Å². The van der Waals surface area contributed by atoms with E-state index in [1.807, 2.05) is 10.7 Å². The molecule has 1 fully saturated rings. The van der Waals surface area contributed by atoms with Crippen molar-refractivity contribution in [3.05, 3.63) is 70.9 Å². The molecule has 0 aliphatic heterocycles. The molecule has 0 unspecified atom stereocenters. The van der Waals surface area contributed by atoms with Gasteiger partial charge in [0.05, 0.1) is 11.3 Å². The summed E-state index contributed by atoms with van der Waals surface area (Å²) in [5.74, 6) is -0.249. The van der Waals surface area contributed by atoms with Gasteiger partial charge in [0.2, 0.25) is 0 Å². The number of carboxylic acids is 1. The summed E-state index contributed by atoms with van der Waals surface area (Å²) in [5.41, 5.74) is 1.06. The molecule has 1 saturated carbocycles. The Bertz CT molecular complexity index is 1310. The highest BCUT2D eigenvalue weighted by molar-refractivity contribution is 5.96. The lowest BCUT2D eigenvalue weighted by atomic mass is 10.0. The summed E-state index contributed by atoms with van der Waals surface area (Å²) in [6.07, 6.45) is -1.52. The molecule has 0 spiro atoms. The standard InChI is InChI=1S/C28H29F3N2O4/c1-17-14-20(8-13-25(17)37-27(2,3)26(35)36)24(34)12-11-22-15-23(32-33(22)16-18-4-5-18)19-6-9-21(10-7-19)28(29,30)31/h6-10,13-15,18H,4-5,11-12,16H2,1-3H3,(H,35,36). The van der Waals surface area contributed by atoms with E-state index in [2.05, 4.69) is 5.10 Å². The molecule has 1 aliphatic carbocycles. The number of carboxylic acid groups (broad SMARTS) is 1. The zero-order valence-corrected chi connectivity index (χ0v) is 20.9. The first kappa shape index (κ1) is 26.4. The average Bonchev–Trinajstić information content (AvgIpc) is 3.56. The SMILES string of the molecule is Cc1cc(C(=O)CCc2cc(-c3ccc(C(F)(F)F)cc3)nn2CC2CC2)ccc1OC(C)(C)C(=O)O. The van der Waals surface area contributed by atoms with E-state index in [4.69, 9.17) is 4.74 Å². The molecule has 3 aromatic rings. The number of aliphatic carboxylic acids is 1. The van der Waals surface area contributed by atoms with Crippen LogP contribution in [0.25, 0.3) is 11.3 Å². The number of carbonyl (C=O) groups is 2. The van der Waals surface area contributed by atoms with Gasteiger partial charge in [-0.1, -0.05) is 12.1 Å². The molecule has 0 atom stereocenters. The Morgan fingerprint density at radius 1 is 1.08 bits per heavy atom. The third-order valence-electron chi connectivity index (χ3n) is 6.48. The molecule has 196 valence electrons. The predicted molar refractivity (Wildman–Crippen MR) is 132 cm³/mol. The summed E-state index contributed by atoms with van der Waals surface area (Å²) in [4.78, 5) is 24.3. The molecular weight excluding hydrogens is 485 g/mol. The normalized spacial score (nSPS) is 14.0. The molecule has 2 aromatic carbocycles. The number of hydrogen-bond donors (Lipinski definition) is 1. The fourth-order valence-electron chi connectivity index (χ4n) is 3.97. The number of hydrogen-bond acceptors (Lipinski definition) is 4. The number of ketones is 1. The fraction of sp³-hybridized carbons (Fsp3) is 0.393. The number of Topliss-reactive ketones (excluding diaryl/α,β-unsaturated/α-hetero) is 1. The topological polar surface area (TPSA) is 81.4 Å². The minimum absolute atomic E-state index is 0.0811. The van der Waals surface area contributed by atoms with E-state index in [-0.39, 0.29) is 12.2 Å². The van der Waals surface area contributed by atoms with Gasteiger partial charge in [0.15, 0.2) is 11.4 Å². The third-order valence-corrected chi connectivity index (χ3v) is 6.48. The molecule has 0 saturated heterocycles. The number of alkyl halides is 3. The summed E-state index contributed by atoms with van der Waals surface area (Å²) >= 11 is 0. The van der Waals surface area contributed by atoms with Crippen molar-refractivity contribution in [2.24, 2.45) is 5.92 Å². The largest absolute Gasteiger partial charge is 0.478 e. The Morgan fingerprint density at radius 3 is 2.32 bits per heavy atom. The fourth-order valence-corrected chi connectivity index (χ4v) is 3.97. The molecule has 0 radical (unpaired) electrons. The van der Waals surface area contributed by atoms with E-state index < -0.39 is 23.3 Å². The second kappa shape index (κ2) is 10.0. The number of aryl methyl sites for hydroxylation is 2. The van der Waals surface area contributed by atoms with Crippen molar-refractivity contribution in [2.75, 3.05) is 0 Å². The van der Waals surface area contributed by atoms with Gasteiger partial charge < -0.3 is 9.84 Å². The predicted octanol–water partition coefficient (Wildman–Crippen LogP) is 6.34. The van der Waals surface area contributed by atoms with E-state index in [1.165, 1.54) is 26.0 Å². The van der Waals surface area contributed by atoms with Crippen LogP contribution in [0.5, 0.6) is 5.75 Å². The molecule has 1 aromatic heterocycles. The second-order valence-electron chi connectivity index (χ2n) is 10.0. The van der Waals surface area contributed by atoms with Gasteiger partial charge in [-0.3, -0.25) is 9.48 Å². The van der Waals surface area contributed by atoms with Gasteiger partial charge in [-0.2, -0.15) is 18.3 Å². The van der Waals surface area contributed by atoms with E-state index in [0.717, 1.165) is 30.7 Å². The zero-order chi connectivity index (χ0) is 27.0. The minimum atomic E-state index is -4.40. The van der Waals surface area contributed by atoms with Crippen LogP contribution in [0.3, 0.4) is 0 Å². The molecule has 37 heavy (non-hydrogen) atoms. The minimum Gasteiger partial charge on any atom is -0.478 e. The molecule has 4 rings (SSSR count). The van der Waals surface area contributed by atoms with Gasteiger partial charge in [0, 0.05) is 29.8 Å². The second-order valence-corrected chi connectivity index (χ2v) is 10.0. The maximum atomic E-state index is 13.0. The number of halogens is 3. The molecule has 1 heterocycles. The Morgan fingerprint density at radius 2 is 1.76 bits per heavy atom. The lowest BCUT2D eigenvalue weighted by Gasteiger charge is -2.23. The van der Waals surface area contributed by atoms with Crippen molar-refractivity contribution >= 4 is 11.8 Å². The number of aromatic nitrogens is 2. The van der Waals surface area contributed by atoms with Crippen molar-refractivity contribution in [1.82, 2.24) is 9.78 Å². The van der Waals surface area contributed by atoms with Crippen LogP contribution >= 0.6 is 0 Å². The molecule has 1 aliphatic rings. The van der Waals surface area contributed by atoms with Crippen molar-refractivity contribution in [1.29, 1.82) is 0 Å². The number of nitrogens with zero attached hydrogens (tertiary/aromatic N) is 2. The monoisotopic (exact) mass is 514 g/mol. The molecule has 1 N–H and O–H groups in total. The highest BCUT2D eigenvalue weighted by Crippen LogP contribution is 2.33. The first-order valence-electron chi connectivity index (χ1n) is 12.1. The lowest BCUT2D eigenvalue weighted by molar-refractivity contribution is -0.152. The summed E-state index contributed by atoms with van der Waals surface area (Å²) in [7, 11) is 0. The molecular formula is C28H29F3N2O4. The third kappa shape index (κ3) is 6.39. The summed E-state index contributed by atoms with van der Waals surface area (Å²) in [5, 5.41) is 13.9. The summed E-state index contributed by atoms with van der Waals surface area (Å²) in [6, 6.07) is 11.7. The van der Waals surface area contributed by atoms with E-state index in [0.29, 0.717) is 47.0 Å². The van der Waals surface area contributed by atoms with Gasteiger partial charge in [-0.25, -0.2) is 4.79 Å². The summed E-state index contributed by atoms with van der Waals surface area (Å²) in [6.45, 7) is 5.38. The van der Waals surface area contributed by atoms with Gasteiger partial charge in [0.25, 0.3) is 0 Å². The molecule has 0 amide bonds. The van der Waals surface area contributed by atoms with Crippen molar-refractivity contribution < 1.29 is 32.6 Å². The first-order valence-corrected chi connectivity index (χ1v) is 12.1. The van der Waals surface area contributed by atoms with Crippen LogP contribution in [-0.2, 0) is 23.9 Å². The first-order chi connectivity index (χ1) is 17.3. The van der Waals surface area contributed by atoms with E-state index in [9.17, 15) is 27.9 Å². The maximum absolute atomic E-state index is 13.0. The van der Waals surface area contributed by atoms with Crippen molar-refractivity contribution in [2.45, 2.75) is 64.8 Å². The van der Waals surface area contributed by atoms with Crippen LogP contribution in [0.2, 0.25) is 0 Å². The maximum Gasteiger partial charge on any atom is 0.416 e. The van der Waals surface area contributed by atoms with Crippen molar-refractivity contribution in [3.63, 3.8) is 0 Å². The zero-order valence-electron chi connectivity index (χ0n) is 20.9. The van der Waals surface area contributed by atoms with Gasteiger partial charge >= 0.3 is 12.1 Å². The Hall–Kier alpha value is -3.62. The van der Waals surface area contributed by atoms with Gasteiger partial charge in [0.1, 0.15) is 5.75 Å². The highest BCUT2D eigenvalue weighted by Gasteiger charge is 2.31.